The Bertz CT molecular complexity index is 185. The maximum atomic E-state index is 5.33. The average molecular weight is 197 g/mol. The summed E-state index contributed by atoms with van der Waals surface area (Å²) in [6, 6.07) is 0.894. The van der Waals surface area contributed by atoms with Gasteiger partial charge in [0.2, 0.25) is 0 Å². The van der Waals surface area contributed by atoms with Crippen LogP contribution in [-0.2, 0) is 0 Å². The van der Waals surface area contributed by atoms with Crippen LogP contribution in [0.5, 0.6) is 0 Å². The van der Waals surface area contributed by atoms with E-state index in [9.17, 15) is 0 Å². The zero-order valence-electron chi connectivity index (χ0n) is 8.55. The number of rotatable bonds is 4. The summed E-state index contributed by atoms with van der Waals surface area (Å²) in [5.74, 6) is 3.96. The van der Waals surface area contributed by atoms with E-state index >= 15 is 0 Å². The first kappa shape index (κ1) is 10.9. The van der Waals surface area contributed by atoms with E-state index in [0.717, 1.165) is 5.25 Å². The molecule has 1 nitrogen and oxygen atoms in total. The molecule has 0 saturated heterocycles. The van der Waals surface area contributed by atoms with Gasteiger partial charge in [-0.05, 0) is 31.9 Å². The van der Waals surface area contributed by atoms with Gasteiger partial charge in [0.15, 0.2) is 0 Å². The molecule has 3 atom stereocenters. The summed E-state index contributed by atoms with van der Waals surface area (Å²) in [6.45, 7) is 4.29. The summed E-state index contributed by atoms with van der Waals surface area (Å²) < 4.78 is 0. The molecule has 0 radical (unpaired) electrons. The van der Waals surface area contributed by atoms with Crippen molar-refractivity contribution in [1.82, 2.24) is 5.32 Å². The summed E-state index contributed by atoms with van der Waals surface area (Å²) in [6.07, 6.45) is 9.27. The lowest BCUT2D eigenvalue weighted by molar-refractivity contribution is 0.503. The lowest BCUT2D eigenvalue weighted by Crippen LogP contribution is -2.33. The van der Waals surface area contributed by atoms with Gasteiger partial charge in [0.05, 0.1) is 6.04 Å². The Hall–Kier alpha value is -0.130. The molecular weight excluding hydrogens is 178 g/mol. The van der Waals surface area contributed by atoms with E-state index in [4.69, 9.17) is 6.42 Å². The Labute approximate surface area is 86.1 Å². The third-order valence-corrected chi connectivity index (χ3v) is 3.76. The lowest BCUT2D eigenvalue weighted by Gasteiger charge is -2.15. The number of hydrogen-bond donors (Lipinski definition) is 1. The second-order valence-electron chi connectivity index (χ2n) is 3.64. The summed E-state index contributed by atoms with van der Waals surface area (Å²) in [5.41, 5.74) is 0. The van der Waals surface area contributed by atoms with Crippen LogP contribution in [-0.4, -0.2) is 23.1 Å². The van der Waals surface area contributed by atoms with E-state index in [1.165, 1.54) is 25.0 Å². The quantitative estimate of drug-likeness (QED) is 0.694. The molecule has 0 amide bonds. The van der Waals surface area contributed by atoms with Crippen molar-refractivity contribution in [2.24, 2.45) is 0 Å². The van der Waals surface area contributed by atoms with Crippen LogP contribution in [0, 0.1) is 12.3 Å². The van der Waals surface area contributed by atoms with Crippen LogP contribution in [0.4, 0.5) is 0 Å². The largest absolute Gasteiger partial charge is 0.301 e. The summed E-state index contributed by atoms with van der Waals surface area (Å²) in [5, 5.41) is 4.34. The Morgan fingerprint density at radius 3 is 3.00 bits per heavy atom. The fourth-order valence-electron chi connectivity index (χ4n) is 1.88. The van der Waals surface area contributed by atoms with E-state index in [1.807, 2.05) is 0 Å². The normalized spacial score (nSPS) is 29.9. The highest BCUT2D eigenvalue weighted by Gasteiger charge is 2.24. The van der Waals surface area contributed by atoms with Gasteiger partial charge in [-0.1, -0.05) is 12.8 Å². The van der Waals surface area contributed by atoms with Crippen molar-refractivity contribution < 1.29 is 0 Å². The Morgan fingerprint density at radius 2 is 2.38 bits per heavy atom. The highest BCUT2D eigenvalue weighted by molar-refractivity contribution is 7.99. The first-order valence-corrected chi connectivity index (χ1v) is 6.15. The van der Waals surface area contributed by atoms with E-state index in [2.05, 4.69) is 36.8 Å². The van der Waals surface area contributed by atoms with Crippen molar-refractivity contribution in [3.63, 3.8) is 0 Å². The van der Waals surface area contributed by atoms with Gasteiger partial charge in [0.25, 0.3) is 0 Å². The number of nitrogens with one attached hydrogen (secondary N) is 1. The zero-order chi connectivity index (χ0) is 9.68. The van der Waals surface area contributed by atoms with Crippen LogP contribution >= 0.6 is 11.8 Å². The maximum Gasteiger partial charge on any atom is 0.0660 e. The Morgan fingerprint density at radius 1 is 1.62 bits per heavy atom. The molecule has 1 aliphatic rings. The van der Waals surface area contributed by atoms with Crippen LogP contribution < -0.4 is 5.32 Å². The standard InChI is InChI=1S/C11H19NS/c1-4-9(3)12-10-6-7-11(8-10)13-5-2/h1,9-12H,5-8H2,2-3H3. The summed E-state index contributed by atoms with van der Waals surface area (Å²) >= 11 is 2.09. The van der Waals surface area contributed by atoms with Gasteiger partial charge in [-0.2, -0.15) is 11.8 Å². The molecule has 3 unspecified atom stereocenters. The van der Waals surface area contributed by atoms with Gasteiger partial charge in [0.1, 0.15) is 0 Å². The molecule has 1 rings (SSSR count). The minimum Gasteiger partial charge on any atom is -0.301 e. The van der Waals surface area contributed by atoms with Crippen molar-refractivity contribution >= 4 is 11.8 Å². The van der Waals surface area contributed by atoms with Gasteiger partial charge in [-0.3, -0.25) is 0 Å². The summed E-state index contributed by atoms with van der Waals surface area (Å²) in [4.78, 5) is 0. The second kappa shape index (κ2) is 5.57. The van der Waals surface area contributed by atoms with Crippen LogP contribution in [0.15, 0.2) is 0 Å². The van der Waals surface area contributed by atoms with Crippen LogP contribution in [0.3, 0.4) is 0 Å². The molecule has 13 heavy (non-hydrogen) atoms. The fraction of sp³-hybridized carbons (Fsp3) is 0.818. The molecule has 1 saturated carbocycles. The molecule has 0 aliphatic heterocycles. The van der Waals surface area contributed by atoms with Crippen LogP contribution in [0.25, 0.3) is 0 Å². The molecule has 0 bridgehead atoms. The van der Waals surface area contributed by atoms with Gasteiger partial charge in [-0.15, -0.1) is 6.42 Å². The third-order valence-electron chi connectivity index (χ3n) is 2.52. The van der Waals surface area contributed by atoms with Gasteiger partial charge < -0.3 is 5.32 Å². The van der Waals surface area contributed by atoms with Crippen molar-refractivity contribution in [3.8, 4) is 12.3 Å². The molecule has 1 fully saturated rings. The van der Waals surface area contributed by atoms with E-state index < -0.39 is 0 Å². The lowest BCUT2D eigenvalue weighted by atomic mass is 10.2. The molecule has 74 valence electrons. The fourth-order valence-corrected chi connectivity index (χ4v) is 3.02. The third kappa shape index (κ3) is 3.62. The molecule has 2 heteroatoms. The van der Waals surface area contributed by atoms with Crippen molar-refractivity contribution in [3.05, 3.63) is 0 Å². The molecule has 0 spiro atoms. The van der Waals surface area contributed by atoms with E-state index in [-0.39, 0.29) is 6.04 Å². The molecule has 1 N–H and O–H groups in total. The summed E-state index contributed by atoms with van der Waals surface area (Å²) in [7, 11) is 0. The van der Waals surface area contributed by atoms with Gasteiger partial charge >= 0.3 is 0 Å². The molecule has 0 heterocycles. The minimum absolute atomic E-state index is 0.232. The van der Waals surface area contributed by atoms with Crippen LogP contribution in [0.2, 0.25) is 0 Å². The SMILES string of the molecule is C#CC(C)NC1CCC(SCC)C1. The van der Waals surface area contributed by atoms with Gasteiger partial charge in [-0.25, -0.2) is 0 Å². The predicted molar refractivity (Wildman–Crippen MR) is 61.0 cm³/mol. The molecule has 0 aromatic carbocycles. The molecular formula is C11H19NS. The van der Waals surface area contributed by atoms with Crippen molar-refractivity contribution in [1.29, 1.82) is 0 Å². The van der Waals surface area contributed by atoms with Crippen molar-refractivity contribution in [2.45, 2.75) is 50.4 Å². The molecule has 0 aromatic rings. The van der Waals surface area contributed by atoms with E-state index in [1.54, 1.807) is 0 Å². The topological polar surface area (TPSA) is 12.0 Å². The first-order chi connectivity index (χ1) is 6.26. The van der Waals surface area contributed by atoms with E-state index in [0.29, 0.717) is 6.04 Å². The average Bonchev–Trinajstić information content (AvgIpc) is 2.53. The highest BCUT2D eigenvalue weighted by Crippen LogP contribution is 2.29. The predicted octanol–water partition coefficient (Wildman–Crippen LogP) is 2.27. The number of hydrogen-bond acceptors (Lipinski definition) is 2. The highest BCUT2D eigenvalue weighted by atomic mass is 32.2. The van der Waals surface area contributed by atoms with Gasteiger partial charge in [0, 0.05) is 11.3 Å². The van der Waals surface area contributed by atoms with Crippen molar-refractivity contribution in [2.75, 3.05) is 5.75 Å². The molecule has 0 aromatic heterocycles. The number of terminal acetylenes is 1. The van der Waals surface area contributed by atoms with Crippen LogP contribution in [0.1, 0.15) is 33.1 Å². The second-order valence-corrected chi connectivity index (χ2v) is 5.22. The minimum atomic E-state index is 0.232. The molecule has 1 aliphatic carbocycles. The number of thioether (sulfide) groups is 1. The Kier molecular flexibility index (Phi) is 4.69. The monoisotopic (exact) mass is 197 g/mol. The smallest absolute Gasteiger partial charge is 0.0660 e. The maximum absolute atomic E-state index is 5.33. The Balaban J connectivity index is 2.21. The zero-order valence-corrected chi connectivity index (χ0v) is 9.36. The first-order valence-electron chi connectivity index (χ1n) is 5.10.